The summed E-state index contributed by atoms with van der Waals surface area (Å²) < 4.78 is 23.7. The summed E-state index contributed by atoms with van der Waals surface area (Å²) in [4.78, 5) is 30.4. The van der Waals surface area contributed by atoms with E-state index < -0.39 is 47.7 Å². The molecule has 3 heterocycles. The maximum atomic E-state index is 13.4. The van der Waals surface area contributed by atoms with Gasteiger partial charge in [0.05, 0.1) is 36.4 Å². The Kier molecular flexibility index (Phi) is 15.1. The summed E-state index contributed by atoms with van der Waals surface area (Å²) in [5.74, 6) is -0.832. The SMILES string of the molecule is CCCN1CCN(C(=O)OC2/C=C/C(C)C(/C(C)=C/C=C/C(C)(O)CC3OC3C(C)C(O)CC)OC(=O)CC(O)CCC2(C)OC)CC1. The van der Waals surface area contributed by atoms with Crippen LogP contribution in [0.4, 0.5) is 4.79 Å². The van der Waals surface area contributed by atoms with Gasteiger partial charge >= 0.3 is 12.1 Å². The quantitative estimate of drug-likeness (QED) is 0.118. The lowest BCUT2D eigenvalue weighted by Gasteiger charge is -2.38. The molecule has 11 nitrogen and oxygen atoms in total. The van der Waals surface area contributed by atoms with E-state index in [1.165, 1.54) is 0 Å². The van der Waals surface area contributed by atoms with Crippen LogP contribution < -0.4 is 0 Å². The summed E-state index contributed by atoms with van der Waals surface area (Å²) in [5, 5.41) is 31.9. The number of esters is 1. The Balaban J connectivity index is 1.76. The van der Waals surface area contributed by atoms with Crippen molar-refractivity contribution in [2.75, 3.05) is 39.8 Å². The smallest absolute Gasteiger partial charge is 0.410 e. The Morgan fingerprint density at radius 2 is 1.92 bits per heavy atom. The summed E-state index contributed by atoms with van der Waals surface area (Å²) in [6.45, 7) is 17.2. The van der Waals surface area contributed by atoms with Crippen LogP contribution in [0.2, 0.25) is 0 Å². The molecule has 1 amide bonds. The minimum atomic E-state index is -1.14. The molecule has 274 valence electrons. The number of carbonyl (C=O) groups is 2. The molecule has 0 aromatic carbocycles. The van der Waals surface area contributed by atoms with Crippen LogP contribution >= 0.6 is 0 Å². The zero-order valence-electron chi connectivity index (χ0n) is 30.5. The predicted octanol–water partition coefficient (Wildman–Crippen LogP) is 4.39. The first-order chi connectivity index (χ1) is 22.6. The van der Waals surface area contributed by atoms with Gasteiger partial charge in [0.15, 0.2) is 6.10 Å². The molecule has 11 heteroatoms. The molecule has 0 aliphatic carbocycles. The van der Waals surface area contributed by atoms with E-state index in [0.29, 0.717) is 32.4 Å². The average molecular weight is 679 g/mol. The number of hydrogen-bond acceptors (Lipinski definition) is 10. The lowest BCUT2D eigenvalue weighted by molar-refractivity contribution is -0.151. The van der Waals surface area contributed by atoms with Gasteiger partial charge in [-0.2, -0.15) is 0 Å². The number of nitrogens with zero attached hydrogens (tertiary/aromatic N) is 2. The molecule has 0 spiro atoms. The minimum absolute atomic E-state index is 0.00286. The van der Waals surface area contributed by atoms with Crippen LogP contribution in [0.1, 0.15) is 87.0 Å². The maximum absolute atomic E-state index is 13.4. The molecule has 0 aromatic rings. The topological polar surface area (TPSA) is 142 Å². The zero-order chi connectivity index (χ0) is 35.6. The fourth-order valence-electron chi connectivity index (χ4n) is 6.66. The monoisotopic (exact) mass is 678 g/mol. The molecule has 3 N–H and O–H groups in total. The molecule has 3 rings (SSSR count). The third-order valence-corrected chi connectivity index (χ3v) is 10.2. The van der Waals surface area contributed by atoms with Crippen molar-refractivity contribution < 1.29 is 43.9 Å². The number of cyclic esters (lactones) is 1. The van der Waals surface area contributed by atoms with Crippen molar-refractivity contribution in [2.45, 2.75) is 135 Å². The van der Waals surface area contributed by atoms with Crippen molar-refractivity contribution in [1.29, 1.82) is 0 Å². The molecule has 0 radical (unpaired) electrons. The standard InChI is InChI=1S/C37H62N2O9/c1-9-18-38-19-21-39(22-20-38)35(43)47-31-14-13-26(4)33(48-32(42)23-28(40)15-17-37(31,7)45-8)25(3)12-11-16-36(6,44)24-30-34(46-30)27(5)29(41)10-2/h11-14,16,26-31,33-34,40-41,44H,9-10,15,17-24H2,1-8H3/b14-13+,16-11+,25-12+. The number of allylic oxidation sites excluding steroid dienone is 2. The molecule has 10 unspecified atom stereocenters. The highest BCUT2D eigenvalue weighted by molar-refractivity contribution is 5.70. The van der Waals surface area contributed by atoms with Crippen LogP contribution in [-0.2, 0) is 23.7 Å². The average Bonchev–Trinajstić information content (AvgIpc) is 3.81. The normalized spacial score (nSPS) is 34.4. The number of methoxy groups -OCH3 is 1. The molecule has 3 aliphatic rings. The number of amides is 1. The molecule has 0 bridgehead atoms. The molecule has 0 aromatic heterocycles. The predicted molar refractivity (Wildman–Crippen MR) is 184 cm³/mol. The van der Waals surface area contributed by atoms with Crippen LogP contribution in [0, 0.1) is 11.8 Å². The minimum Gasteiger partial charge on any atom is -0.457 e. The van der Waals surface area contributed by atoms with Crippen molar-refractivity contribution in [3.05, 3.63) is 36.0 Å². The Bertz CT molecular complexity index is 1130. The van der Waals surface area contributed by atoms with Crippen molar-refractivity contribution in [2.24, 2.45) is 11.8 Å². The number of rotatable bonds is 12. The van der Waals surface area contributed by atoms with Gasteiger partial charge in [-0.3, -0.25) is 9.69 Å². The van der Waals surface area contributed by atoms with Crippen LogP contribution in [0.5, 0.6) is 0 Å². The van der Waals surface area contributed by atoms with Crippen molar-refractivity contribution in [1.82, 2.24) is 9.80 Å². The van der Waals surface area contributed by atoms with Gasteiger partial charge in [-0.1, -0.05) is 52.0 Å². The number of carbonyl (C=O) groups excluding carboxylic acids is 2. The van der Waals surface area contributed by atoms with Crippen LogP contribution in [-0.4, -0.2) is 125 Å². The van der Waals surface area contributed by atoms with Crippen molar-refractivity contribution in [3.63, 3.8) is 0 Å². The second-order valence-electron chi connectivity index (χ2n) is 14.5. The Labute approximate surface area is 287 Å². The summed E-state index contributed by atoms with van der Waals surface area (Å²) >= 11 is 0. The summed E-state index contributed by atoms with van der Waals surface area (Å²) in [6.07, 6.45) is 8.09. The lowest BCUT2D eigenvalue weighted by atomic mass is 9.88. The third-order valence-electron chi connectivity index (χ3n) is 10.2. The zero-order valence-corrected chi connectivity index (χ0v) is 30.5. The van der Waals surface area contributed by atoms with E-state index in [9.17, 15) is 24.9 Å². The van der Waals surface area contributed by atoms with Gasteiger partial charge in [-0.15, -0.1) is 0 Å². The van der Waals surface area contributed by atoms with Gasteiger partial charge in [-0.25, -0.2) is 4.79 Å². The van der Waals surface area contributed by atoms with E-state index in [0.717, 1.165) is 31.6 Å². The van der Waals surface area contributed by atoms with Crippen LogP contribution in [0.15, 0.2) is 36.0 Å². The summed E-state index contributed by atoms with van der Waals surface area (Å²) in [6, 6.07) is 0. The summed E-state index contributed by atoms with van der Waals surface area (Å²) in [5.41, 5.74) is -1.34. The van der Waals surface area contributed by atoms with E-state index in [2.05, 4.69) is 11.8 Å². The highest BCUT2D eigenvalue weighted by Gasteiger charge is 2.47. The molecule has 3 aliphatic heterocycles. The number of epoxide rings is 1. The number of aliphatic hydroxyl groups is 3. The van der Waals surface area contributed by atoms with Crippen LogP contribution in [0.3, 0.4) is 0 Å². The molecule has 48 heavy (non-hydrogen) atoms. The lowest BCUT2D eigenvalue weighted by Crippen LogP contribution is -2.51. The Morgan fingerprint density at radius 3 is 2.54 bits per heavy atom. The number of ether oxygens (including phenoxy) is 4. The second-order valence-corrected chi connectivity index (χ2v) is 14.5. The van der Waals surface area contributed by atoms with E-state index in [1.807, 2.05) is 52.8 Å². The van der Waals surface area contributed by atoms with Gasteiger partial charge in [0.25, 0.3) is 0 Å². The van der Waals surface area contributed by atoms with Gasteiger partial charge < -0.3 is 39.2 Å². The second kappa shape index (κ2) is 18.1. The fraction of sp³-hybridized carbons (Fsp3) is 0.784. The Morgan fingerprint density at radius 1 is 1.23 bits per heavy atom. The molecule has 10 atom stereocenters. The Hall–Kier alpha value is -2.28. The largest absolute Gasteiger partial charge is 0.457 e. The number of aliphatic hydroxyl groups excluding tert-OH is 2. The highest BCUT2D eigenvalue weighted by Crippen LogP contribution is 2.37. The van der Waals surface area contributed by atoms with E-state index in [1.54, 1.807) is 31.1 Å². The molecule has 0 saturated carbocycles. The number of piperazine rings is 1. The first kappa shape index (κ1) is 40.2. The summed E-state index contributed by atoms with van der Waals surface area (Å²) in [7, 11) is 1.57. The van der Waals surface area contributed by atoms with Crippen molar-refractivity contribution in [3.8, 4) is 0 Å². The van der Waals surface area contributed by atoms with Gasteiger partial charge in [0.1, 0.15) is 11.7 Å². The van der Waals surface area contributed by atoms with Gasteiger partial charge in [0, 0.05) is 51.5 Å². The maximum Gasteiger partial charge on any atom is 0.410 e. The molecule has 2 saturated heterocycles. The van der Waals surface area contributed by atoms with Gasteiger partial charge in [-0.05, 0) is 64.6 Å². The molecular formula is C37H62N2O9. The molecule has 2 fully saturated rings. The van der Waals surface area contributed by atoms with E-state index in [-0.39, 0.29) is 36.9 Å². The third kappa shape index (κ3) is 11.7. The van der Waals surface area contributed by atoms with Crippen molar-refractivity contribution >= 4 is 12.1 Å². The highest BCUT2D eigenvalue weighted by atomic mass is 16.6. The van der Waals surface area contributed by atoms with E-state index in [4.69, 9.17) is 18.9 Å². The number of hydrogen-bond donors (Lipinski definition) is 3. The van der Waals surface area contributed by atoms with Crippen LogP contribution in [0.25, 0.3) is 0 Å². The van der Waals surface area contributed by atoms with E-state index >= 15 is 0 Å². The first-order valence-corrected chi connectivity index (χ1v) is 17.8. The van der Waals surface area contributed by atoms with Gasteiger partial charge in [0.2, 0.25) is 0 Å². The molecular weight excluding hydrogens is 616 g/mol. The fourth-order valence-corrected chi connectivity index (χ4v) is 6.66. The first-order valence-electron chi connectivity index (χ1n) is 17.8.